The highest BCUT2D eigenvalue weighted by Gasteiger charge is 2.40. The van der Waals surface area contributed by atoms with Gasteiger partial charge in [-0.1, -0.05) is 51.1 Å². The van der Waals surface area contributed by atoms with Crippen molar-refractivity contribution in [1.29, 1.82) is 0 Å². The second-order valence-electron chi connectivity index (χ2n) is 12.1. The first-order valence-electron chi connectivity index (χ1n) is 13.9. The minimum absolute atomic E-state index is 0.0385. The van der Waals surface area contributed by atoms with E-state index in [0.29, 0.717) is 0 Å². The third kappa shape index (κ3) is 7.76. The summed E-state index contributed by atoms with van der Waals surface area (Å²) in [5.74, 6) is 0.526. The smallest absolute Gasteiger partial charge is 0.305 e. The topological polar surface area (TPSA) is 85.3 Å². The fourth-order valence-corrected chi connectivity index (χ4v) is 6.36. The van der Waals surface area contributed by atoms with Gasteiger partial charge < -0.3 is 23.9 Å². The van der Waals surface area contributed by atoms with Crippen molar-refractivity contribution in [2.45, 2.75) is 76.1 Å². The number of methoxy groups -OCH3 is 2. The molecule has 2 aromatic rings. The number of ether oxygens (including phenoxy) is 2. The van der Waals surface area contributed by atoms with Crippen LogP contribution in [0.2, 0.25) is 18.1 Å². The molecule has 1 unspecified atom stereocenters. The lowest BCUT2D eigenvalue weighted by Crippen LogP contribution is -2.45. The predicted molar refractivity (Wildman–Crippen MR) is 162 cm³/mol. The Morgan fingerprint density at radius 3 is 2.30 bits per heavy atom. The lowest BCUT2D eigenvalue weighted by Gasteiger charge is -2.42. The average Bonchev–Trinajstić information content (AvgIpc) is 2.91. The molecule has 40 heavy (non-hydrogen) atoms. The number of allylic oxidation sites excluding steroid dienone is 2. The number of rotatable bonds is 12. The van der Waals surface area contributed by atoms with Crippen LogP contribution in [0.15, 0.2) is 60.7 Å². The number of para-hydroxylation sites is 2. The first-order valence-corrected chi connectivity index (χ1v) is 16.9. The van der Waals surface area contributed by atoms with Gasteiger partial charge in [0.15, 0.2) is 14.1 Å². The standard InChI is InChI=1S/C32H45NO6Si/c1-31(2,3)40(6,7)39-27(23-30(35)36)22-25(34)15-16-32(24-11-10-12-26(21-24)37-4)17-19-33(20-18-32)28-13-8-9-14-29(28)38-5/h8-16,21,27H,17-20,22-23H2,1-7H3,(H,35,36). The van der Waals surface area contributed by atoms with Gasteiger partial charge in [0.2, 0.25) is 0 Å². The second kappa shape index (κ2) is 13.0. The molecule has 218 valence electrons. The number of benzene rings is 2. The van der Waals surface area contributed by atoms with Gasteiger partial charge >= 0.3 is 5.97 Å². The van der Waals surface area contributed by atoms with E-state index in [9.17, 15) is 14.7 Å². The van der Waals surface area contributed by atoms with Crippen molar-refractivity contribution in [2.24, 2.45) is 0 Å². The zero-order chi connectivity index (χ0) is 29.6. The van der Waals surface area contributed by atoms with Gasteiger partial charge in [0.1, 0.15) is 11.5 Å². The molecule has 8 heteroatoms. The predicted octanol–water partition coefficient (Wildman–Crippen LogP) is 6.62. The molecule has 0 radical (unpaired) electrons. The highest BCUT2D eigenvalue weighted by Crippen LogP contribution is 2.41. The minimum atomic E-state index is -2.25. The number of carboxylic acid groups (broad SMARTS) is 1. The summed E-state index contributed by atoms with van der Waals surface area (Å²) in [5.41, 5.74) is 1.78. The van der Waals surface area contributed by atoms with Crippen molar-refractivity contribution in [3.8, 4) is 11.5 Å². The fraction of sp³-hybridized carbons (Fsp3) is 0.500. The maximum absolute atomic E-state index is 13.3. The van der Waals surface area contributed by atoms with Gasteiger partial charge in [-0.2, -0.15) is 0 Å². The fourth-order valence-electron chi connectivity index (χ4n) is 5.01. The van der Waals surface area contributed by atoms with Crippen LogP contribution in [0.5, 0.6) is 11.5 Å². The molecule has 0 saturated carbocycles. The number of ketones is 1. The average molecular weight is 568 g/mol. The van der Waals surface area contributed by atoms with E-state index >= 15 is 0 Å². The van der Waals surface area contributed by atoms with Crippen LogP contribution in [0.1, 0.15) is 52.0 Å². The third-order valence-corrected chi connectivity index (χ3v) is 12.9. The molecule has 1 aliphatic heterocycles. The second-order valence-corrected chi connectivity index (χ2v) is 16.9. The van der Waals surface area contributed by atoms with Gasteiger partial charge in [0, 0.05) is 24.9 Å². The molecule has 7 nitrogen and oxygen atoms in total. The largest absolute Gasteiger partial charge is 0.497 e. The van der Waals surface area contributed by atoms with Crippen molar-refractivity contribution < 1.29 is 28.6 Å². The maximum Gasteiger partial charge on any atom is 0.305 e. The highest BCUT2D eigenvalue weighted by molar-refractivity contribution is 6.74. The molecule has 0 aromatic heterocycles. The van der Waals surface area contributed by atoms with E-state index in [0.717, 1.165) is 48.7 Å². The molecule has 2 aromatic carbocycles. The lowest BCUT2D eigenvalue weighted by atomic mass is 9.72. The summed E-state index contributed by atoms with van der Waals surface area (Å²) < 4.78 is 17.5. The summed E-state index contributed by atoms with van der Waals surface area (Å²) in [6, 6.07) is 16.1. The van der Waals surface area contributed by atoms with E-state index in [1.54, 1.807) is 20.3 Å². The monoisotopic (exact) mass is 567 g/mol. The number of hydrogen-bond donors (Lipinski definition) is 1. The Kier molecular flexibility index (Phi) is 10.2. The van der Waals surface area contributed by atoms with Gasteiger partial charge in [-0.3, -0.25) is 9.59 Å². The first kappa shape index (κ1) is 31.4. The minimum Gasteiger partial charge on any atom is -0.497 e. The number of piperidine rings is 1. The Bertz CT molecular complexity index is 1190. The van der Waals surface area contributed by atoms with Crippen LogP contribution < -0.4 is 14.4 Å². The van der Waals surface area contributed by atoms with Crippen LogP contribution in [0.25, 0.3) is 0 Å². The van der Waals surface area contributed by atoms with Crippen LogP contribution in [-0.2, 0) is 19.4 Å². The molecule has 1 atom stereocenters. The first-order chi connectivity index (χ1) is 18.8. The summed E-state index contributed by atoms with van der Waals surface area (Å²) in [4.78, 5) is 27.2. The molecule has 1 heterocycles. The molecule has 1 fully saturated rings. The molecule has 0 spiro atoms. The molecular weight excluding hydrogens is 522 g/mol. The van der Waals surface area contributed by atoms with Gasteiger partial charge in [-0.05, 0) is 66.9 Å². The number of nitrogens with zero attached hydrogens (tertiary/aromatic N) is 1. The van der Waals surface area contributed by atoms with Gasteiger partial charge in [0.05, 0.1) is 32.4 Å². The quantitative estimate of drug-likeness (QED) is 0.228. The van der Waals surface area contributed by atoms with Crippen LogP contribution >= 0.6 is 0 Å². The zero-order valence-electron chi connectivity index (χ0n) is 25.0. The normalized spacial score (nSPS) is 16.5. The summed E-state index contributed by atoms with van der Waals surface area (Å²) in [6.07, 6.45) is 4.44. The Balaban J connectivity index is 1.85. The summed E-state index contributed by atoms with van der Waals surface area (Å²) in [7, 11) is 1.09. The molecule has 0 aliphatic carbocycles. The number of carbonyl (C=O) groups is 2. The molecule has 0 bridgehead atoms. The van der Waals surface area contributed by atoms with Crippen LogP contribution in [0, 0.1) is 0 Å². The van der Waals surface area contributed by atoms with E-state index in [-0.39, 0.29) is 29.1 Å². The van der Waals surface area contributed by atoms with Crippen molar-refractivity contribution in [1.82, 2.24) is 0 Å². The summed E-state index contributed by atoms with van der Waals surface area (Å²) >= 11 is 0. The summed E-state index contributed by atoms with van der Waals surface area (Å²) in [5, 5.41) is 9.42. The number of aliphatic carboxylic acids is 1. The Morgan fingerprint density at radius 1 is 1.02 bits per heavy atom. The Labute approximate surface area is 240 Å². The number of carboxylic acids is 1. The number of anilines is 1. The molecule has 3 rings (SSSR count). The van der Waals surface area contributed by atoms with Crippen molar-refractivity contribution in [3.05, 3.63) is 66.2 Å². The van der Waals surface area contributed by atoms with Gasteiger partial charge in [-0.15, -0.1) is 0 Å². The van der Waals surface area contributed by atoms with E-state index < -0.39 is 20.4 Å². The molecule has 1 aliphatic rings. The third-order valence-electron chi connectivity index (χ3n) is 8.41. The van der Waals surface area contributed by atoms with E-state index in [1.807, 2.05) is 42.5 Å². The van der Waals surface area contributed by atoms with Gasteiger partial charge in [-0.25, -0.2) is 0 Å². The van der Waals surface area contributed by atoms with Gasteiger partial charge in [0.25, 0.3) is 0 Å². The van der Waals surface area contributed by atoms with Crippen molar-refractivity contribution in [2.75, 3.05) is 32.2 Å². The SMILES string of the molecule is COc1cccc(C2(C=CC(=O)CC(CC(=O)O)O[Si](C)(C)C(C)(C)C)CCN(c3ccccc3OC)CC2)c1. The highest BCUT2D eigenvalue weighted by atomic mass is 28.4. The van der Waals surface area contributed by atoms with Crippen molar-refractivity contribution >= 4 is 25.8 Å². The van der Waals surface area contributed by atoms with Crippen molar-refractivity contribution in [3.63, 3.8) is 0 Å². The zero-order valence-corrected chi connectivity index (χ0v) is 26.0. The Morgan fingerprint density at radius 2 is 1.70 bits per heavy atom. The number of carbonyl (C=O) groups excluding carboxylic acids is 1. The van der Waals surface area contributed by atoms with E-state index in [4.69, 9.17) is 13.9 Å². The lowest BCUT2D eigenvalue weighted by molar-refractivity contribution is -0.139. The van der Waals surface area contributed by atoms with Crippen LogP contribution in [0.3, 0.4) is 0 Å². The molecule has 0 amide bonds. The maximum atomic E-state index is 13.3. The number of hydrogen-bond acceptors (Lipinski definition) is 6. The molecule has 1 N–H and O–H groups in total. The van der Waals surface area contributed by atoms with E-state index in [1.165, 1.54) is 0 Å². The summed E-state index contributed by atoms with van der Waals surface area (Å²) in [6.45, 7) is 12.0. The van der Waals surface area contributed by atoms with Crippen LogP contribution in [0.4, 0.5) is 5.69 Å². The van der Waals surface area contributed by atoms with E-state index in [2.05, 4.69) is 50.9 Å². The molecular formula is C32H45NO6Si. The van der Waals surface area contributed by atoms with Crippen LogP contribution in [-0.4, -0.2) is 58.6 Å². The Hall–Kier alpha value is -3.10. The molecule has 1 saturated heterocycles.